The van der Waals surface area contributed by atoms with Crippen LogP contribution in [0.15, 0.2) is 29.3 Å². The van der Waals surface area contributed by atoms with Gasteiger partial charge >= 0.3 is 5.97 Å². The first-order valence-electron chi connectivity index (χ1n) is 5.38. The lowest BCUT2D eigenvalue weighted by Gasteiger charge is -2.13. The number of nitrogens with zero attached hydrogens (tertiary/aromatic N) is 4. The highest BCUT2D eigenvalue weighted by atomic mass is 79.9. The second kappa shape index (κ2) is 3.88. The van der Waals surface area contributed by atoms with Gasteiger partial charge in [0.05, 0.1) is 0 Å². The number of aromatic nitrogens is 4. The van der Waals surface area contributed by atoms with Gasteiger partial charge in [0.1, 0.15) is 11.9 Å². The van der Waals surface area contributed by atoms with Crippen molar-refractivity contribution in [3.05, 3.63) is 29.3 Å². The maximum absolute atomic E-state index is 11.3. The molecule has 0 saturated heterocycles. The normalized spacial score (nSPS) is 16.5. The zero-order valence-corrected chi connectivity index (χ0v) is 10.8. The van der Waals surface area contributed by atoms with Crippen LogP contribution in [0.25, 0.3) is 11.4 Å². The molecule has 1 aliphatic rings. The lowest BCUT2D eigenvalue weighted by molar-refractivity contribution is -0.142. The van der Waals surface area contributed by atoms with Crippen LogP contribution >= 0.6 is 15.9 Å². The summed E-state index contributed by atoms with van der Waals surface area (Å²) in [7, 11) is 0. The quantitative estimate of drug-likeness (QED) is 0.933. The molecule has 0 aromatic carbocycles. The van der Waals surface area contributed by atoms with E-state index in [9.17, 15) is 9.90 Å². The summed E-state index contributed by atoms with van der Waals surface area (Å²) < 4.78 is 2.44. The van der Waals surface area contributed by atoms with Crippen molar-refractivity contribution >= 4 is 21.9 Å². The maximum Gasteiger partial charge on any atom is 0.329 e. The largest absolute Gasteiger partial charge is 0.479 e. The molecule has 0 amide bonds. The smallest absolute Gasteiger partial charge is 0.329 e. The Kier molecular flexibility index (Phi) is 2.44. The third-order valence-corrected chi connectivity index (χ3v) is 3.53. The molecule has 1 saturated carbocycles. The highest BCUT2D eigenvalue weighted by Crippen LogP contribution is 2.45. The fraction of sp³-hybridized carbons (Fsp3) is 0.273. The van der Waals surface area contributed by atoms with Crippen molar-refractivity contribution < 1.29 is 9.90 Å². The van der Waals surface area contributed by atoms with Gasteiger partial charge in [0.25, 0.3) is 0 Å². The number of carbonyl (C=O) groups is 1. The van der Waals surface area contributed by atoms with Crippen LogP contribution in [0.4, 0.5) is 0 Å². The summed E-state index contributed by atoms with van der Waals surface area (Å²) in [5, 5.41) is 17.1. The van der Waals surface area contributed by atoms with Gasteiger partial charge in [-0.1, -0.05) is 0 Å². The van der Waals surface area contributed by atoms with E-state index in [2.05, 4.69) is 31.1 Å². The Hall–Kier alpha value is -1.76. The molecular formula is C11H9BrN4O2. The lowest BCUT2D eigenvalue weighted by Crippen LogP contribution is -2.27. The fourth-order valence-corrected chi connectivity index (χ4v) is 2.32. The SMILES string of the molecule is O=C(O)C1(n2cnnc2-c2cncc(Br)c2)CC1. The molecule has 0 bridgehead atoms. The Morgan fingerprint density at radius 3 is 2.83 bits per heavy atom. The van der Waals surface area contributed by atoms with Crippen molar-refractivity contribution in [1.82, 2.24) is 19.7 Å². The number of halogens is 1. The molecule has 0 aliphatic heterocycles. The van der Waals surface area contributed by atoms with Crippen molar-refractivity contribution in [2.75, 3.05) is 0 Å². The average Bonchev–Trinajstić information content (AvgIpc) is 3.01. The minimum atomic E-state index is -0.874. The first kappa shape index (κ1) is 11.3. The van der Waals surface area contributed by atoms with Crippen LogP contribution < -0.4 is 0 Å². The number of hydrogen-bond donors (Lipinski definition) is 1. The summed E-state index contributed by atoms with van der Waals surface area (Å²) in [4.78, 5) is 15.4. The Labute approximate surface area is 111 Å². The summed E-state index contributed by atoms with van der Waals surface area (Å²) in [6.07, 6.45) is 5.98. The van der Waals surface area contributed by atoms with E-state index in [4.69, 9.17) is 0 Å². The molecule has 2 heterocycles. The lowest BCUT2D eigenvalue weighted by atomic mass is 10.2. The van der Waals surface area contributed by atoms with Crippen molar-refractivity contribution in [2.24, 2.45) is 0 Å². The first-order valence-corrected chi connectivity index (χ1v) is 6.18. The molecule has 18 heavy (non-hydrogen) atoms. The summed E-state index contributed by atoms with van der Waals surface area (Å²) in [5.41, 5.74) is -0.129. The van der Waals surface area contributed by atoms with Gasteiger partial charge in [-0.2, -0.15) is 0 Å². The molecule has 0 unspecified atom stereocenters. The second-order valence-electron chi connectivity index (χ2n) is 4.25. The highest BCUT2D eigenvalue weighted by molar-refractivity contribution is 9.10. The van der Waals surface area contributed by atoms with Crippen molar-refractivity contribution in [1.29, 1.82) is 0 Å². The molecule has 3 rings (SSSR count). The van der Waals surface area contributed by atoms with Crippen molar-refractivity contribution in [2.45, 2.75) is 18.4 Å². The molecule has 1 aliphatic carbocycles. The topological polar surface area (TPSA) is 80.9 Å². The van der Waals surface area contributed by atoms with E-state index >= 15 is 0 Å². The Balaban J connectivity index is 2.10. The molecule has 2 aromatic rings. The van der Waals surface area contributed by atoms with Crippen LogP contribution in [-0.4, -0.2) is 30.8 Å². The van der Waals surface area contributed by atoms with Gasteiger partial charge < -0.3 is 5.11 Å². The van der Waals surface area contributed by atoms with Gasteiger partial charge in [-0.3, -0.25) is 9.55 Å². The van der Waals surface area contributed by atoms with E-state index in [0.29, 0.717) is 18.7 Å². The zero-order chi connectivity index (χ0) is 12.8. The number of aliphatic carboxylic acids is 1. The predicted octanol–water partition coefficient (Wildman–Crippen LogP) is 1.68. The Morgan fingerprint density at radius 2 is 2.22 bits per heavy atom. The number of carboxylic acid groups (broad SMARTS) is 1. The maximum atomic E-state index is 11.3. The summed E-state index contributed by atoms with van der Waals surface area (Å²) in [6, 6.07) is 1.84. The summed E-state index contributed by atoms with van der Waals surface area (Å²) in [5.74, 6) is -0.310. The number of pyridine rings is 1. The minimum Gasteiger partial charge on any atom is -0.479 e. The summed E-state index contributed by atoms with van der Waals surface area (Å²) >= 11 is 3.33. The standard InChI is InChI=1S/C11H9BrN4O2/c12-8-3-7(4-13-5-8)9-15-14-6-16(9)11(1-2-11)10(17)18/h3-6H,1-2H2,(H,17,18). The molecule has 1 fully saturated rings. The van der Waals surface area contributed by atoms with E-state index < -0.39 is 11.5 Å². The van der Waals surface area contributed by atoms with Gasteiger partial charge in [0.15, 0.2) is 5.82 Å². The molecule has 7 heteroatoms. The van der Waals surface area contributed by atoms with E-state index in [1.54, 1.807) is 17.0 Å². The van der Waals surface area contributed by atoms with Gasteiger partial charge in [0, 0.05) is 22.4 Å². The Bertz CT molecular complexity index is 621. The van der Waals surface area contributed by atoms with Crippen LogP contribution in [0.1, 0.15) is 12.8 Å². The molecule has 1 N–H and O–H groups in total. The van der Waals surface area contributed by atoms with Crippen LogP contribution in [0.3, 0.4) is 0 Å². The predicted molar refractivity (Wildman–Crippen MR) is 65.8 cm³/mol. The number of rotatable bonds is 3. The van der Waals surface area contributed by atoms with E-state index in [1.807, 2.05) is 6.07 Å². The third-order valence-electron chi connectivity index (χ3n) is 3.09. The van der Waals surface area contributed by atoms with E-state index in [1.165, 1.54) is 6.33 Å². The van der Waals surface area contributed by atoms with E-state index in [-0.39, 0.29) is 0 Å². The highest BCUT2D eigenvalue weighted by Gasteiger charge is 2.53. The van der Waals surface area contributed by atoms with Crippen LogP contribution in [0, 0.1) is 0 Å². The number of hydrogen-bond acceptors (Lipinski definition) is 4. The molecule has 2 aromatic heterocycles. The van der Waals surface area contributed by atoms with Gasteiger partial charge in [-0.05, 0) is 34.8 Å². The van der Waals surface area contributed by atoms with Gasteiger partial charge in [0.2, 0.25) is 0 Å². The second-order valence-corrected chi connectivity index (χ2v) is 5.17. The zero-order valence-electron chi connectivity index (χ0n) is 9.25. The first-order chi connectivity index (χ1) is 8.63. The molecule has 92 valence electrons. The van der Waals surface area contributed by atoms with Crippen molar-refractivity contribution in [3.8, 4) is 11.4 Å². The average molecular weight is 309 g/mol. The molecule has 6 nitrogen and oxygen atoms in total. The fourth-order valence-electron chi connectivity index (χ4n) is 1.96. The number of carboxylic acids is 1. The van der Waals surface area contributed by atoms with Crippen molar-refractivity contribution in [3.63, 3.8) is 0 Å². The van der Waals surface area contributed by atoms with Crippen LogP contribution in [0.2, 0.25) is 0 Å². The molecule has 0 radical (unpaired) electrons. The van der Waals surface area contributed by atoms with E-state index in [0.717, 1.165) is 10.0 Å². The molecule has 0 atom stereocenters. The van der Waals surface area contributed by atoms with Gasteiger partial charge in [-0.15, -0.1) is 10.2 Å². The monoisotopic (exact) mass is 308 g/mol. The van der Waals surface area contributed by atoms with Crippen LogP contribution in [0.5, 0.6) is 0 Å². The van der Waals surface area contributed by atoms with Crippen LogP contribution in [-0.2, 0) is 10.3 Å². The van der Waals surface area contributed by atoms with Gasteiger partial charge in [-0.25, -0.2) is 4.79 Å². The minimum absolute atomic E-state index is 0.531. The summed E-state index contributed by atoms with van der Waals surface area (Å²) in [6.45, 7) is 0. The third kappa shape index (κ3) is 1.62. The Morgan fingerprint density at radius 1 is 1.44 bits per heavy atom. The molecular weight excluding hydrogens is 300 g/mol. The molecule has 0 spiro atoms.